The van der Waals surface area contributed by atoms with E-state index in [1.165, 1.54) is 5.56 Å². The minimum Gasteiger partial charge on any atom is -0.395 e. The van der Waals surface area contributed by atoms with Crippen molar-refractivity contribution in [2.75, 3.05) is 6.61 Å². The number of benzene rings is 3. The Labute approximate surface area is 216 Å². The van der Waals surface area contributed by atoms with Gasteiger partial charge in [0, 0.05) is 50.0 Å². The molecule has 174 valence electrons. The van der Waals surface area contributed by atoms with Crippen molar-refractivity contribution in [1.82, 2.24) is 9.88 Å². The lowest BCUT2D eigenvalue weighted by atomic mass is 9.92. The van der Waals surface area contributed by atoms with Crippen LogP contribution in [0.5, 0.6) is 0 Å². The number of nitrogens with zero attached hydrogens (tertiary/aromatic N) is 1. The summed E-state index contributed by atoms with van der Waals surface area (Å²) >= 11 is 11.3. The van der Waals surface area contributed by atoms with Crippen LogP contribution in [0.3, 0.4) is 0 Å². The molecule has 3 aromatic carbocycles. The van der Waals surface area contributed by atoms with Crippen molar-refractivity contribution in [2.24, 2.45) is 0 Å². The fourth-order valence-electron chi connectivity index (χ4n) is 4.75. The van der Waals surface area contributed by atoms with Gasteiger partial charge in [0.25, 0.3) is 0 Å². The first-order valence-corrected chi connectivity index (χ1v) is 13.0. The van der Waals surface area contributed by atoms with Crippen molar-refractivity contribution in [3.8, 4) is 0 Å². The number of nitrogens with one attached hydrogen (secondary N) is 1. The second kappa shape index (κ2) is 9.42. The number of carbonyl (C=O) groups is 1. The van der Waals surface area contributed by atoms with Crippen LogP contribution in [0, 0.1) is 6.92 Å². The molecule has 0 bridgehead atoms. The number of aliphatic hydroxyl groups excluding tert-OH is 1. The Bertz CT molecular complexity index is 1340. The van der Waals surface area contributed by atoms with Gasteiger partial charge in [0.15, 0.2) is 0 Å². The Morgan fingerprint density at radius 3 is 2.59 bits per heavy atom. The molecule has 1 amide bonds. The van der Waals surface area contributed by atoms with Crippen LogP contribution in [0.1, 0.15) is 29.2 Å². The van der Waals surface area contributed by atoms with Gasteiger partial charge in [-0.25, -0.2) is 0 Å². The Kier molecular flexibility index (Phi) is 6.51. The number of likely N-dealkylation sites (tertiary alicyclic amines) is 1. The van der Waals surface area contributed by atoms with Gasteiger partial charge in [-0.1, -0.05) is 63.4 Å². The lowest BCUT2D eigenvalue weighted by molar-refractivity contribution is -0.129. The second-order valence-electron chi connectivity index (χ2n) is 8.80. The SMILES string of the molecule is Cc1ccc(S[C@@]2(CO)CC(=O)N(Cc3ccc(Br)cc3)[C@H]2c2c[nH]c3cc(Cl)ccc23)cc1. The monoisotopic (exact) mass is 554 g/mol. The third-order valence-corrected chi connectivity index (χ3v) is 8.60. The maximum absolute atomic E-state index is 13.5. The van der Waals surface area contributed by atoms with E-state index in [-0.39, 0.29) is 25.0 Å². The van der Waals surface area contributed by atoms with Gasteiger partial charge in [-0.2, -0.15) is 0 Å². The van der Waals surface area contributed by atoms with Crippen molar-refractivity contribution in [2.45, 2.75) is 35.6 Å². The molecule has 4 nitrogen and oxygen atoms in total. The molecule has 2 heterocycles. The van der Waals surface area contributed by atoms with Gasteiger partial charge in [-0.15, -0.1) is 11.8 Å². The molecule has 1 aliphatic heterocycles. The third kappa shape index (κ3) is 4.40. The highest BCUT2D eigenvalue weighted by atomic mass is 79.9. The zero-order valence-corrected chi connectivity index (χ0v) is 21.8. The molecule has 1 aliphatic rings. The van der Waals surface area contributed by atoms with E-state index in [2.05, 4.69) is 52.1 Å². The van der Waals surface area contributed by atoms with E-state index in [9.17, 15) is 9.90 Å². The highest BCUT2D eigenvalue weighted by Crippen LogP contribution is 2.53. The molecule has 34 heavy (non-hydrogen) atoms. The number of amides is 1. The van der Waals surface area contributed by atoms with Crippen molar-refractivity contribution in [3.05, 3.63) is 99.1 Å². The fourth-order valence-corrected chi connectivity index (χ4v) is 6.56. The van der Waals surface area contributed by atoms with E-state index in [4.69, 9.17) is 11.6 Å². The fraction of sp³-hybridized carbons (Fsp3) is 0.222. The summed E-state index contributed by atoms with van der Waals surface area (Å²) in [5.41, 5.74) is 4.12. The van der Waals surface area contributed by atoms with Crippen LogP contribution in [-0.2, 0) is 11.3 Å². The van der Waals surface area contributed by atoms with Gasteiger partial charge in [-0.05, 0) is 48.9 Å². The molecule has 0 spiro atoms. The Morgan fingerprint density at radius 2 is 1.88 bits per heavy atom. The molecule has 1 aromatic heterocycles. The highest BCUT2D eigenvalue weighted by molar-refractivity contribution is 9.10. The van der Waals surface area contributed by atoms with Crippen LogP contribution in [0.2, 0.25) is 5.02 Å². The summed E-state index contributed by atoms with van der Waals surface area (Å²) in [6.07, 6.45) is 2.21. The zero-order chi connectivity index (χ0) is 23.9. The second-order valence-corrected chi connectivity index (χ2v) is 11.6. The van der Waals surface area contributed by atoms with Gasteiger partial charge in [0.2, 0.25) is 5.91 Å². The molecule has 1 fully saturated rings. The number of halogens is 2. The van der Waals surface area contributed by atoms with Crippen molar-refractivity contribution < 1.29 is 9.90 Å². The minimum atomic E-state index is -0.726. The van der Waals surface area contributed by atoms with Crippen LogP contribution in [-0.4, -0.2) is 32.3 Å². The summed E-state index contributed by atoms with van der Waals surface area (Å²) in [5.74, 6) is 0.0323. The number of hydrogen-bond acceptors (Lipinski definition) is 3. The summed E-state index contributed by atoms with van der Waals surface area (Å²) in [6, 6.07) is 21.7. The maximum Gasteiger partial charge on any atom is 0.225 e. The van der Waals surface area contributed by atoms with Crippen LogP contribution in [0.15, 0.2) is 82.3 Å². The largest absolute Gasteiger partial charge is 0.395 e. The number of rotatable bonds is 6. The Balaban J connectivity index is 1.62. The highest BCUT2D eigenvalue weighted by Gasteiger charge is 2.53. The van der Waals surface area contributed by atoms with Gasteiger partial charge < -0.3 is 15.0 Å². The first kappa shape index (κ1) is 23.5. The first-order chi connectivity index (χ1) is 16.4. The summed E-state index contributed by atoms with van der Waals surface area (Å²) in [4.78, 5) is 19.8. The van der Waals surface area contributed by atoms with E-state index in [0.29, 0.717) is 11.6 Å². The van der Waals surface area contributed by atoms with Crippen molar-refractivity contribution in [3.63, 3.8) is 0 Å². The minimum absolute atomic E-state index is 0.0323. The normalized spacial score (nSPS) is 20.4. The number of thioether (sulfide) groups is 1. The number of aliphatic hydroxyl groups is 1. The van der Waals surface area contributed by atoms with Gasteiger partial charge >= 0.3 is 0 Å². The number of H-pyrrole nitrogens is 1. The van der Waals surface area contributed by atoms with Crippen molar-refractivity contribution in [1.29, 1.82) is 0 Å². The first-order valence-electron chi connectivity index (χ1n) is 11.1. The number of hydrogen-bond donors (Lipinski definition) is 2. The predicted molar refractivity (Wildman–Crippen MR) is 142 cm³/mol. The van der Waals surface area contributed by atoms with E-state index < -0.39 is 4.75 Å². The van der Waals surface area contributed by atoms with Crippen LogP contribution in [0.25, 0.3) is 10.9 Å². The smallest absolute Gasteiger partial charge is 0.225 e. The molecule has 2 atom stereocenters. The van der Waals surface area contributed by atoms with Crippen LogP contribution >= 0.6 is 39.3 Å². The standard InChI is InChI=1S/C27H24BrClN2O2S/c1-17-2-9-21(10-3-17)34-27(16-32)13-25(33)31(15-18-4-6-19(28)7-5-18)26(27)23-14-30-24-12-20(29)8-11-22(23)24/h2-12,14,26,30,32H,13,15-16H2,1H3/t26-,27+/m0/s1. The molecule has 0 aliphatic carbocycles. The molecule has 7 heteroatoms. The maximum atomic E-state index is 13.5. The molecule has 2 N–H and O–H groups in total. The molecule has 5 rings (SSSR count). The molecular formula is C27H24BrClN2O2S. The summed E-state index contributed by atoms with van der Waals surface area (Å²) in [6.45, 7) is 2.39. The summed E-state index contributed by atoms with van der Waals surface area (Å²) < 4.78 is 0.268. The average molecular weight is 556 g/mol. The Morgan fingerprint density at radius 1 is 1.15 bits per heavy atom. The van der Waals surface area contributed by atoms with Gasteiger partial charge in [-0.3, -0.25) is 4.79 Å². The average Bonchev–Trinajstić information content (AvgIpc) is 3.34. The van der Waals surface area contributed by atoms with Gasteiger partial charge in [0.05, 0.1) is 17.4 Å². The number of aryl methyl sites for hydroxylation is 1. The van der Waals surface area contributed by atoms with E-state index in [1.54, 1.807) is 11.8 Å². The van der Waals surface area contributed by atoms with Crippen molar-refractivity contribution >= 4 is 56.1 Å². The topological polar surface area (TPSA) is 56.3 Å². The molecule has 0 unspecified atom stereocenters. The predicted octanol–water partition coefficient (Wildman–Crippen LogP) is 6.89. The molecule has 1 saturated heterocycles. The molecule has 0 radical (unpaired) electrons. The number of fused-ring (bicyclic) bond motifs is 1. The number of aromatic nitrogens is 1. The van der Waals surface area contributed by atoms with E-state index in [0.717, 1.165) is 31.4 Å². The Hall–Kier alpha value is -2.25. The van der Waals surface area contributed by atoms with Crippen LogP contribution < -0.4 is 0 Å². The summed E-state index contributed by atoms with van der Waals surface area (Å²) in [5, 5.41) is 12.5. The summed E-state index contributed by atoms with van der Waals surface area (Å²) in [7, 11) is 0. The molecule has 0 saturated carbocycles. The quantitative estimate of drug-likeness (QED) is 0.272. The lowest BCUT2D eigenvalue weighted by Crippen LogP contribution is -2.38. The van der Waals surface area contributed by atoms with Gasteiger partial charge in [0.1, 0.15) is 0 Å². The van der Waals surface area contributed by atoms with E-state index in [1.807, 2.05) is 53.6 Å². The van der Waals surface area contributed by atoms with Crippen LogP contribution in [0.4, 0.5) is 0 Å². The van der Waals surface area contributed by atoms with E-state index >= 15 is 0 Å². The number of carbonyl (C=O) groups excluding carboxylic acids is 1. The third-order valence-electron chi connectivity index (χ3n) is 6.43. The lowest BCUT2D eigenvalue weighted by Gasteiger charge is -2.36. The zero-order valence-electron chi connectivity index (χ0n) is 18.6. The molecule has 4 aromatic rings. The number of aromatic amines is 1. The molecular weight excluding hydrogens is 532 g/mol.